The van der Waals surface area contributed by atoms with E-state index in [0.717, 1.165) is 18.4 Å². The van der Waals surface area contributed by atoms with Crippen molar-refractivity contribution >= 4 is 17.5 Å². The monoisotopic (exact) mass is 321 g/mol. The Balaban J connectivity index is 1.79. The van der Waals surface area contributed by atoms with Crippen molar-refractivity contribution in [2.24, 2.45) is 0 Å². The Hall–Kier alpha value is -1.27. The molecule has 1 N–H and O–H groups in total. The predicted octanol–water partition coefficient (Wildman–Crippen LogP) is 3.07. The van der Waals surface area contributed by atoms with Crippen molar-refractivity contribution in [3.8, 4) is 0 Å². The number of carbonyl (C=O) groups is 1. The highest BCUT2D eigenvalue weighted by Crippen LogP contribution is 2.48. The summed E-state index contributed by atoms with van der Waals surface area (Å²) in [5.41, 5.74) is 0.315. The molecule has 0 radical (unpaired) electrons. The number of halogens is 4. The van der Waals surface area contributed by atoms with E-state index in [-0.39, 0.29) is 19.1 Å². The van der Waals surface area contributed by atoms with Gasteiger partial charge < -0.3 is 10.1 Å². The number of nitrogens with one attached hydrogen (secondary N) is 1. The van der Waals surface area contributed by atoms with Gasteiger partial charge in [0.2, 0.25) is 5.91 Å². The summed E-state index contributed by atoms with van der Waals surface area (Å²) in [6.45, 7) is -1.41. The van der Waals surface area contributed by atoms with Crippen molar-refractivity contribution < 1.29 is 22.7 Å². The zero-order chi connectivity index (χ0) is 15.5. The van der Waals surface area contributed by atoms with Gasteiger partial charge in [0.25, 0.3) is 0 Å². The molecule has 0 bridgehead atoms. The van der Waals surface area contributed by atoms with Gasteiger partial charge in [-0.1, -0.05) is 23.7 Å². The van der Waals surface area contributed by atoms with E-state index in [4.69, 9.17) is 11.6 Å². The summed E-state index contributed by atoms with van der Waals surface area (Å²) in [4.78, 5) is 12.2. The van der Waals surface area contributed by atoms with E-state index in [1.165, 1.54) is 0 Å². The van der Waals surface area contributed by atoms with Crippen molar-refractivity contribution in [3.05, 3.63) is 34.9 Å². The predicted molar refractivity (Wildman–Crippen MR) is 72.2 cm³/mol. The van der Waals surface area contributed by atoms with Gasteiger partial charge in [-0.05, 0) is 30.5 Å². The van der Waals surface area contributed by atoms with Crippen molar-refractivity contribution in [2.75, 3.05) is 19.8 Å². The van der Waals surface area contributed by atoms with Crippen LogP contribution in [0.5, 0.6) is 0 Å². The Morgan fingerprint density at radius 3 is 2.43 bits per heavy atom. The quantitative estimate of drug-likeness (QED) is 0.818. The summed E-state index contributed by atoms with van der Waals surface area (Å²) in [6, 6.07) is 7.04. The summed E-state index contributed by atoms with van der Waals surface area (Å²) < 4.78 is 40.1. The largest absolute Gasteiger partial charge is 0.411 e. The first-order chi connectivity index (χ1) is 9.83. The molecule has 1 saturated carbocycles. The van der Waals surface area contributed by atoms with Crippen LogP contribution in [0.25, 0.3) is 0 Å². The Kier molecular flexibility index (Phi) is 4.78. The first-order valence-electron chi connectivity index (χ1n) is 6.52. The number of hydrogen-bond acceptors (Lipinski definition) is 2. The fourth-order valence-electron chi connectivity index (χ4n) is 2.13. The molecule has 0 atom stereocenters. The summed E-state index contributed by atoms with van der Waals surface area (Å²) in [7, 11) is 0. The molecule has 0 saturated heterocycles. The minimum Gasteiger partial charge on any atom is -0.370 e. The number of carbonyl (C=O) groups excluding carboxylic acids is 1. The number of ether oxygens (including phenoxy) is 1. The molecule has 1 aliphatic carbocycles. The van der Waals surface area contributed by atoms with Crippen LogP contribution in [0.2, 0.25) is 5.02 Å². The van der Waals surface area contributed by atoms with Crippen LogP contribution in [0, 0.1) is 0 Å². The highest BCUT2D eigenvalue weighted by atomic mass is 35.5. The summed E-state index contributed by atoms with van der Waals surface area (Å²) in [6.07, 6.45) is -2.89. The lowest BCUT2D eigenvalue weighted by Crippen LogP contribution is -2.37. The maximum Gasteiger partial charge on any atom is 0.411 e. The molecular formula is C14H15ClF3NO2. The van der Waals surface area contributed by atoms with Crippen molar-refractivity contribution in [1.82, 2.24) is 5.32 Å². The van der Waals surface area contributed by atoms with Crippen LogP contribution in [0.3, 0.4) is 0 Å². The van der Waals surface area contributed by atoms with Gasteiger partial charge in [0.05, 0.1) is 12.0 Å². The Labute approximate surface area is 125 Å². The summed E-state index contributed by atoms with van der Waals surface area (Å²) in [5.74, 6) is -0.180. The molecule has 7 heteroatoms. The smallest absolute Gasteiger partial charge is 0.370 e. The van der Waals surface area contributed by atoms with E-state index < -0.39 is 18.2 Å². The Morgan fingerprint density at radius 2 is 1.90 bits per heavy atom. The second-order valence-electron chi connectivity index (χ2n) is 5.01. The lowest BCUT2D eigenvalue weighted by molar-refractivity contribution is -0.173. The molecule has 0 heterocycles. The van der Waals surface area contributed by atoms with Gasteiger partial charge >= 0.3 is 6.18 Å². The molecule has 1 aromatic carbocycles. The van der Waals surface area contributed by atoms with E-state index in [9.17, 15) is 18.0 Å². The topological polar surface area (TPSA) is 38.3 Å². The van der Waals surface area contributed by atoms with E-state index >= 15 is 0 Å². The number of hydrogen-bond donors (Lipinski definition) is 1. The molecule has 0 spiro atoms. The van der Waals surface area contributed by atoms with E-state index in [1.807, 2.05) is 0 Å². The highest BCUT2D eigenvalue weighted by Gasteiger charge is 2.50. The van der Waals surface area contributed by atoms with Gasteiger partial charge in [-0.2, -0.15) is 13.2 Å². The van der Waals surface area contributed by atoms with Crippen LogP contribution in [-0.2, 0) is 14.9 Å². The van der Waals surface area contributed by atoms with Crippen molar-refractivity contribution in [1.29, 1.82) is 0 Å². The fourth-order valence-corrected chi connectivity index (χ4v) is 2.26. The molecule has 3 nitrogen and oxygen atoms in total. The molecule has 0 aromatic heterocycles. The van der Waals surface area contributed by atoms with Crippen molar-refractivity contribution in [2.45, 2.75) is 24.4 Å². The molecular weight excluding hydrogens is 307 g/mol. The lowest BCUT2D eigenvalue weighted by atomic mass is 9.95. The highest BCUT2D eigenvalue weighted by molar-refractivity contribution is 6.30. The average Bonchev–Trinajstić information content (AvgIpc) is 3.19. The second kappa shape index (κ2) is 6.23. The van der Waals surface area contributed by atoms with Gasteiger partial charge in [0, 0.05) is 11.6 Å². The molecule has 2 rings (SSSR count). The minimum absolute atomic E-state index is 0.0598. The fraction of sp³-hybridized carbons (Fsp3) is 0.500. The summed E-state index contributed by atoms with van der Waals surface area (Å²) in [5, 5.41) is 3.21. The first-order valence-corrected chi connectivity index (χ1v) is 6.90. The number of benzene rings is 1. The standard InChI is InChI=1S/C14H15ClF3NO2/c15-11-3-1-10(2-4-11)13(5-6-13)12(20)19-7-8-21-9-14(16,17)18/h1-4H,5-9H2,(H,19,20). The number of alkyl halides is 3. The van der Waals surface area contributed by atoms with Gasteiger partial charge in [0.15, 0.2) is 0 Å². The molecule has 0 unspecified atom stereocenters. The average molecular weight is 322 g/mol. The van der Waals surface area contributed by atoms with E-state index in [1.54, 1.807) is 24.3 Å². The third-order valence-electron chi connectivity index (χ3n) is 3.38. The molecule has 1 amide bonds. The van der Waals surface area contributed by atoms with Crippen molar-refractivity contribution in [3.63, 3.8) is 0 Å². The summed E-state index contributed by atoms with van der Waals surface area (Å²) >= 11 is 5.81. The minimum atomic E-state index is -4.34. The Bertz CT molecular complexity index is 498. The molecule has 21 heavy (non-hydrogen) atoms. The van der Waals surface area contributed by atoms with Crippen LogP contribution in [-0.4, -0.2) is 31.8 Å². The SMILES string of the molecule is O=C(NCCOCC(F)(F)F)C1(c2ccc(Cl)cc2)CC1. The molecule has 1 fully saturated rings. The van der Waals surface area contributed by atoms with Crippen LogP contribution >= 0.6 is 11.6 Å². The third-order valence-corrected chi connectivity index (χ3v) is 3.63. The molecule has 116 valence electrons. The van der Waals surface area contributed by atoms with Gasteiger partial charge in [-0.25, -0.2) is 0 Å². The maximum atomic E-state index is 12.2. The van der Waals surface area contributed by atoms with E-state index in [0.29, 0.717) is 5.02 Å². The van der Waals surface area contributed by atoms with Gasteiger partial charge in [-0.3, -0.25) is 4.79 Å². The Morgan fingerprint density at radius 1 is 1.29 bits per heavy atom. The second-order valence-corrected chi connectivity index (χ2v) is 5.45. The number of amides is 1. The lowest BCUT2D eigenvalue weighted by Gasteiger charge is -2.16. The first kappa shape index (κ1) is 16.1. The zero-order valence-electron chi connectivity index (χ0n) is 11.2. The van der Waals surface area contributed by atoms with Crippen LogP contribution in [0.15, 0.2) is 24.3 Å². The molecule has 1 aromatic rings. The van der Waals surface area contributed by atoms with Crippen LogP contribution in [0.1, 0.15) is 18.4 Å². The van der Waals surface area contributed by atoms with E-state index in [2.05, 4.69) is 10.1 Å². The van der Waals surface area contributed by atoms with Gasteiger partial charge in [0.1, 0.15) is 6.61 Å². The maximum absolute atomic E-state index is 12.2. The molecule has 0 aliphatic heterocycles. The normalized spacial score (nSPS) is 16.6. The third kappa shape index (κ3) is 4.35. The van der Waals surface area contributed by atoms with Gasteiger partial charge in [-0.15, -0.1) is 0 Å². The zero-order valence-corrected chi connectivity index (χ0v) is 11.9. The number of rotatable bonds is 6. The molecule has 1 aliphatic rings. The van der Waals surface area contributed by atoms with Crippen LogP contribution in [0.4, 0.5) is 13.2 Å². The van der Waals surface area contributed by atoms with Crippen LogP contribution < -0.4 is 5.32 Å².